The van der Waals surface area contributed by atoms with Gasteiger partial charge in [-0.2, -0.15) is 0 Å². The summed E-state index contributed by atoms with van der Waals surface area (Å²) in [5, 5.41) is 3.86. The van der Waals surface area contributed by atoms with Crippen molar-refractivity contribution >= 4 is 5.69 Å². The molecule has 1 unspecified atom stereocenters. The van der Waals surface area contributed by atoms with E-state index in [1.807, 2.05) is 0 Å². The monoisotopic (exact) mass is 315 g/mol. The fraction of sp³-hybridized carbons (Fsp3) is 0.700. The summed E-state index contributed by atoms with van der Waals surface area (Å²) in [4.78, 5) is 0. The highest BCUT2D eigenvalue weighted by Crippen LogP contribution is 2.47. The molecule has 1 N–H and O–H groups in total. The molecule has 4 atom stereocenters. The number of hydrogen-bond donors (Lipinski definition) is 1. The minimum absolute atomic E-state index is 0.176. The first kappa shape index (κ1) is 15.5. The molecule has 3 aliphatic heterocycles. The van der Waals surface area contributed by atoms with Crippen molar-refractivity contribution in [3.05, 3.63) is 29.3 Å². The van der Waals surface area contributed by atoms with Crippen molar-refractivity contribution < 1.29 is 9.47 Å². The highest BCUT2D eigenvalue weighted by molar-refractivity contribution is 5.58. The van der Waals surface area contributed by atoms with Crippen molar-refractivity contribution in [1.29, 1.82) is 0 Å². The lowest BCUT2D eigenvalue weighted by Gasteiger charge is -2.45. The number of fused-ring (bicyclic) bond motifs is 3. The Morgan fingerprint density at radius 3 is 2.74 bits per heavy atom. The normalized spacial score (nSPS) is 33.7. The summed E-state index contributed by atoms with van der Waals surface area (Å²) in [6.07, 6.45) is 3.88. The predicted molar refractivity (Wildman–Crippen MR) is 92.9 cm³/mol. The number of hydrogen-bond acceptors (Lipinski definition) is 3. The Labute approximate surface area is 139 Å². The molecule has 3 heterocycles. The van der Waals surface area contributed by atoms with Gasteiger partial charge in [0.05, 0.1) is 12.7 Å². The molecular weight excluding hydrogens is 286 g/mol. The van der Waals surface area contributed by atoms with Crippen LogP contribution in [-0.2, 0) is 14.9 Å². The summed E-state index contributed by atoms with van der Waals surface area (Å²) in [6, 6.07) is 7.42. The van der Waals surface area contributed by atoms with E-state index in [0.29, 0.717) is 17.9 Å². The molecule has 3 heteroatoms. The topological polar surface area (TPSA) is 30.5 Å². The van der Waals surface area contributed by atoms with Crippen LogP contribution >= 0.6 is 0 Å². The van der Waals surface area contributed by atoms with Crippen molar-refractivity contribution in [3.63, 3.8) is 0 Å². The molecule has 3 nitrogen and oxygen atoms in total. The molecule has 2 saturated heterocycles. The Hall–Kier alpha value is -1.06. The van der Waals surface area contributed by atoms with Gasteiger partial charge in [-0.1, -0.05) is 32.9 Å². The van der Waals surface area contributed by atoms with Crippen LogP contribution in [0.25, 0.3) is 0 Å². The van der Waals surface area contributed by atoms with Gasteiger partial charge in [-0.3, -0.25) is 0 Å². The van der Waals surface area contributed by atoms with Crippen LogP contribution in [0.1, 0.15) is 57.3 Å². The largest absolute Gasteiger partial charge is 0.381 e. The Morgan fingerprint density at radius 1 is 1.13 bits per heavy atom. The van der Waals surface area contributed by atoms with Crippen LogP contribution in [0.3, 0.4) is 0 Å². The highest BCUT2D eigenvalue weighted by Gasteiger charge is 2.43. The lowest BCUT2D eigenvalue weighted by molar-refractivity contribution is -0.0443. The zero-order valence-electron chi connectivity index (χ0n) is 14.6. The SMILES string of the molecule is CC(C)(C)c1ccc2c(c1)[C@H]1OCCC[C@H]1[C@H](C1CCOC1)N2. The summed E-state index contributed by atoms with van der Waals surface area (Å²) in [6.45, 7) is 9.55. The molecule has 23 heavy (non-hydrogen) atoms. The van der Waals surface area contributed by atoms with E-state index in [2.05, 4.69) is 44.3 Å². The standard InChI is InChI=1S/C20H29NO2/c1-20(2,3)14-6-7-17-16(11-14)19-15(5-4-9-23-19)18(21-17)13-8-10-22-12-13/h6-7,11,13,15,18-19,21H,4-5,8-10,12H2,1-3H3/t13?,15-,18-,19-/m0/s1. The second kappa shape index (κ2) is 5.78. The first-order valence-corrected chi connectivity index (χ1v) is 9.14. The minimum atomic E-state index is 0.176. The number of anilines is 1. The maximum absolute atomic E-state index is 6.29. The number of benzene rings is 1. The lowest BCUT2D eigenvalue weighted by Crippen LogP contribution is -2.45. The molecule has 0 saturated carbocycles. The minimum Gasteiger partial charge on any atom is -0.381 e. The van der Waals surface area contributed by atoms with Crippen molar-refractivity contribution in [1.82, 2.24) is 0 Å². The number of nitrogens with one attached hydrogen (secondary N) is 1. The molecule has 0 amide bonds. The second-order valence-corrected chi connectivity index (χ2v) is 8.44. The van der Waals surface area contributed by atoms with Crippen molar-refractivity contribution in [2.45, 2.75) is 57.6 Å². The summed E-state index contributed by atoms with van der Waals surface area (Å²) in [5.74, 6) is 1.21. The Balaban J connectivity index is 1.71. The zero-order valence-corrected chi connectivity index (χ0v) is 14.6. The number of ether oxygens (including phenoxy) is 2. The van der Waals surface area contributed by atoms with Gasteiger partial charge in [-0.15, -0.1) is 0 Å². The molecule has 126 valence electrons. The van der Waals surface area contributed by atoms with Crippen LogP contribution in [0.15, 0.2) is 18.2 Å². The Kier molecular flexibility index (Phi) is 3.89. The van der Waals surface area contributed by atoms with E-state index in [4.69, 9.17) is 9.47 Å². The summed E-state index contributed by atoms with van der Waals surface area (Å²) >= 11 is 0. The van der Waals surface area contributed by atoms with Crippen molar-refractivity contribution in [3.8, 4) is 0 Å². The third kappa shape index (κ3) is 2.78. The zero-order chi connectivity index (χ0) is 16.0. The lowest BCUT2D eigenvalue weighted by atomic mass is 9.74. The molecular formula is C20H29NO2. The predicted octanol–water partition coefficient (Wildman–Crippen LogP) is 4.28. The van der Waals surface area contributed by atoms with E-state index in [9.17, 15) is 0 Å². The fourth-order valence-electron chi connectivity index (χ4n) is 4.48. The molecule has 0 aliphatic carbocycles. The summed E-state index contributed by atoms with van der Waals surface area (Å²) in [5.41, 5.74) is 4.22. The second-order valence-electron chi connectivity index (χ2n) is 8.44. The van der Waals surface area contributed by atoms with Crippen molar-refractivity contribution in [2.75, 3.05) is 25.1 Å². The van der Waals surface area contributed by atoms with Gasteiger partial charge in [0, 0.05) is 42.3 Å². The van der Waals surface area contributed by atoms with E-state index in [1.165, 1.54) is 36.1 Å². The molecule has 0 spiro atoms. The molecule has 1 aromatic rings. The van der Waals surface area contributed by atoms with E-state index < -0.39 is 0 Å². The molecule has 4 rings (SSSR count). The maximum atomic E-state index is 6.29. The van der Waals surface area contributed by atoms with Gasteiger partial charge in [0.25, 0.3) is 0 Å². The van der Waals surface area contributed by atoms with Crippen LogP contribution in [-0.4, -0.2) is 25.9 Å². The van der Waals surface area contributed by atoms with Crippen LogP contribution in [0, 0.1) is 11.8 Å². The summed E-state index contributed by atoms with van der Waals surface area (Å²) < 4.78 is 11.9. The van der Waals surface area contributed by atoms with E-state index in [0.717, 1.165) is 19.8 Å². The quantitative estimate of drug-likeness (QED) is 0.839. The van der Waals surface area contributed by atoms with Gasteiger partial charge >= 0.3 is 0 Å². The van der Waals surface area contributed by atoms with E-state index in [-0.39, 0.29) is 11.5 Å². The van der Waals surface area contributed by atoms with E-state index >= 15 is 0 Å². The smallest absolute Gasteiger partial charge is 0.0892 e. The molecule has 2 fully saturated rings. The number of rotatable bonds is 1. The third-order valence-electron chi connectivity index (χ3n) is 5.85. The van der Waals surface area contributed by atoms with Crippen molar-refractivity contribution in [2.24, 2.45) is 11.8 Å². The van der Waals surface area contributed by atoms with Gasteiger partial charge in [0.15, 0.2) is 0 Å². The Morgan fingerprint density at radius 2 is 2.00 bits per heavy atom. The molecule has 0 radical (unpaired) electrons. The first-order chi connectivity index (χ1) is 11.0. The van der Waals surface area contributed by atoms with E-state index in [1.54, 1.807) is 0 Å². The van der Waals surface area contributed by atoms with Gasteiger partial charge < -0.3 is 14.8 Å². The highest BCUT2D eigenvalue weighted by atomic mass is 16.5. The maximum Gasteiger partial charge on any atom is 0.0892 e. The Bertz CT molecular complexity index is 571. The molecule has 1 aromatic carbocycles. The first-order valence-electron chi connectivity index (χ1n) is 9.14. The third-order valence-corrected chi connectivity index (χ3v) is 5.85. The molecule has 0 bridgehead atoms. The van der Waals surface area contributed by atoms with Crippen LogP contribution in [0.2, 0.25) is 0 Å². The molecule has 0 aromatic heterocycles. The van der Waals surface area contributed by atoms with Gasteiger partial charge in [-0.25, -0.2) is 0 Å². The average molecular weight is 315 g/mol. The van der Waals surface area contributed by atoms with Gasteiger partial charge in [-0.05, 0) is 36.3 Å². The van der Waals surface area contributed by atoms with Crippen LogP contribution in [0.4, 0.5) is 5.69 Å². The van der Waals surface area contributed by atoms with Gasteiger partial charge in [0.1, 0.15) is 0 Å². The van der Waals surface area contributed by atoms with Crippen LogP contribution < -0.4 is 5.32 Å². The average Bonchev–Trinajstić information content (AvgIpc) is 3.07. The van der Waals surface area contributed by atoms with Gasteiger partial charge in [0.2, 0.25) is 0 Å². The fourth-order valence-corrected chi connectivity index (χ4v) is 4.48. The molecule has 3 aliphatic rings. The van der Waals surface area contributed by atoms with Crippen LogP contribution in [0.5, 0.6) is 0 Å². The summed E-state index contributed by atoms with van der Waals surface area (Å²) in [7, 11) is 0.